The largest absolute Gasteiger partial charge is 0.467 e. The van der Waals surface area contributed by atoms with Crippen molar-refractivity contribution < 1.29 is 23.1 Å². The number of carbonyl (C=O) groups is 2. The molecule has 1 atom stereocenters. The van der Waals surface area contributed by atoms with Crippen molar-refractivity contribution in [2.45, 2.75) is 51.0 Å². The molecule has 0 spiro atoms. The van der Waals surface area contributed by atoms with Gasteiger partial charge in [-0.05, 0) is 25.2 Å². The molecule has 1 aliphatic carbocycles. The Kier molecular flexibility index (Phi) is 5.04. The molecule has 0 bridgehead atoms. The second-order valence-electron chi connectivity index (χ2n) is 4.81. The van der Waals surface area contributed by atoms with E-state index in [0.717, 1.165) is 0 Å². The topological polar surface area (TPSA) is 55.4 Å². The van der Waals surface area contributed by atoms with Crippen molar-refractivity contribution in [1.82, 2.24) is 5.32 Å². The number of hydrogen-bond acceptors (Lipinski definition) is 3. The van der Waals surface area contributed by atoms with Gasteiger partial charge in [-0.15, -0.1) is 0 Å². The highest BCUT2D eigenvalue weighted by molar-refractivity contribution is 5.83. The van der Waals surface area contributed by atoms with Crippen LogP contribution in [-0.2, 0) is 14.3 Å². The van der Waals surface area contributed by atoms with E-state index in [2.05, 4.69) is 10.1 Å². The van der Waals surface area contributed by atoms with Crippen molar-refractivity contribution in [2.75, 3.05) is 7.11 Å². The molecule has 1 aliphatic rings. The van der Waals surface area contributed by atoms with Crippen LogP contribution in [0.1, 0.15) is 39.0 Å². The molecule has 0 aromatic rings. The lowest BCUT2D eigenvalue weighted by molar-refractivity contribution is -0.145. The summed E-state index contributed by atoms with van der Waals surface area (Å²) in [7, 11) is 1.24. The number of methoxy groups -OCH3 is 1. The summed E-state index contributed by atoms with van der Waals surface area (Å²) in [5.41, 5.74) is 0. The molecule has 6 heteroatoms. The lowest BCUT2D eigenvalue weighted by Crippen LogP contribution is -2.42. The highest BCUT2D eigenvalue weighted by Crippen LogP contribution is 2.37. The summed E-state index contributed by atoms with van der Waals surface area (Å²) < 4.78 is 30.6. The standard InChI is InChI=1S/C12H19F2NO3/c1-8(16)15-10(11(17)18-2)7-9-3-5-12(13,14)6-4-9/h9-10H,3-7H2,1-2H3,(H,15,16). The monoisotopic (exact) mass is 263 g/mol. The Labute approximate surface area is 105 Å². The summed E-state index contributed by atoms with van der Waals surface area (Å²) >= 11 is 0. The minimum absolute atomic E-state index is 0.0283. The summed E-state index contributed by atoms with van der Waals surface area (Å²) in [6, 6.07) is -0.732. The average Bonchev–Trinajstić information content (AvgIpc) is 2.29. The fourth-order valence-corrected chi connectivity index (χ4v) is 2.27. The van der Waals surface area contributed by atoms with Gasteiger partial charge in [0.1, 0.15) is 6.04 Å². The van der Waals surface area contributed by atoms with E-state index in [0.29, 0.717) is 19.3 Å². The smallest absolute Gasteiger partial charge is 0.328 e. The number of rotatable bonds is 4. The molecule has 1 fully saturated rings. The van der Waals surface area contributed by atoms with Gasteiger partial charge in [0.25, 0.3) is 0 Å². The first kappa shape index (κ1) is 14.9. The Hall–Kier alpha value is -1.20. The molecular weight excluding hydrogens is 244 g/mol. The third-order valence-corrected chi connectivity index (χ3v) is 3.27. The number of nitrogens with one attached hydrogen (secondary N) is 1. The number of esters is 1. The summed E-state index contributed by atoms with van der Waals surface area (Å²) in [5.74, 6) is -3.40. The van der Waals surface area contributed by atoms with Gasteiger partial charge in [-0.2, -0.15) is 0 Å². The maximum Gasteiger partial charge on any atom is 0.328 e. The van der Waals surface area contributed by atoms with E-state index in [9.17, 15) is 18.4 Å². The van der Waals surface area contributed by atoms with Crippen molar-refractivity contribution in [3.8, 4) is 0 Å². The van der Waals surface area contributed by atoms with Gasteiger partial charge in [-0.1, -0.05) is 0 Å². The molecular formula is C12H19F2NO3. The Morgan fingerprint density at radius 1 is 1.39 bits per heavy atom. The molecule has 1 amide bonds. The van der Waals surface area contributed by atoms with Gasteiger partial charge in [0.15, 0.2) is 0 Å². The van der Waals surface area contributed by atoms with Crippen molar-refractivity contribution in [1.29, 1.82) is 0 Å². The Balaban J connectivity index is 2.51. The van der Waals surface area contributed by atoms with Crippen LogP contribution in [0.4, 0.5) is 8.78 Å². The van der Waals surface area contributed by atoms with Crippen LogP contribution in [0, 0.1) is 5.92 Å². The summed E-state index contributed by atoms with van der Waals surface area (Å²) in [4.78, 5) is 22.4. The number of amides is 1. The summed E-state index contributed by atoms with van der Waals surface area (Å²) in [6.45, 7) is 1.31. The molecule has 0 saturated heterocycles. The Morgan fingerprint density at radius 3 is 2.39 bits per heavy atom. The molecule has 4 nitrogen and oxygen atoms in total. The number of carbonyl (C=O) groups excluding carboxylic acids is 2. The van der Waals surface area contributed by atoms with Crippen LogP contribution < -0.4 is 5.32 Å². The Bertz CT molecular complexity index is 310. The van der Waals surface area contributed by atoms with Gasteiger partial charge in [0, 0.05) is 19.8 Å². The van der Waals surface area contributed by atoms with E-state index in [1.54, 1.807) is 0 Å². The van der Waals surface area contributed by atoms with Crippen molar-refractivity contribution in [2.24, 2.45) is 5.92 Å². The van der Waals surface area contributed by atoms with Crippen molar-refractivity contribution in [3.05, 3.63) is 0 Å². The second kappa shape index (κ2) is 6.11. The molecule has 0 radical (unpaired) electrons. The zero-order valence-electron chi connectivity index (χ0n) is 10.7. The predicted molar refractivity (Wildman–Crippen MR) is 61.1 cm³/mol. The van der Waals surface area contributed by atoms with Crippen LogP contribution in [0.3, 0.4) is 0 Å². The van der Waals surface area contributed by atoms with E-state index < -0.39 is 17.9 Å². The van der Waals surface area contributed by atoms with Crippen LogP contribution in [0.5, 0.6) is 0 Å². The lowest BCUT2D eigenvalue weighted by atomic mass is 9.83. The highest BCUT2D eigenvalue weighted by Gasteiger charge is 2.36. The first-order chi connectivity index (χ1) is 8.34. The Morgan fingerprint density at radius 2 is 1.94 bits per heavy atom. The van der Waals surface area contributed by atoms with E-state index in [1.807, 2.05) is 0 Å². The molecule has 0 heterocycles. The van der Waals surface area contributed by atoms with Crippen LogP contribution in [0.2, 0.25) is 0 Å². The van der Waals surface area contributed by atoms with E-state index in [1.165, 1.54) is 14.0 Å². The van der Waals surface area contributed by atoms with Gasteiger partial charge >= 0.3 is 5.97 Å². The normalized spacial score (nSPS) is 21.1. The maximum absolute atomic E-state index is 13.0. The SMILES string of the molecule is COC(=O)C(CC1CCC(F)(F)CC1)NC(C)=O. The van der Waals surface area contributed by atoms with Crippen LogP contribution in [-0.4, -0.2) is 31.0 Å². The highest BCUT2D eigenvalue weighted by atomic mass is 19.3. The van der Waals surface area contributed by atoms with Gasteiger partial charge in [0.2, 0.25) is 11.8 Å². The molecule has 1 unspecified atom stereocenters. The molecule has 18 heavy (non-hydrogen) atoms. The fraction of sp³-hybridized carbons (Fsp3) is 0.833. The first-order valence-corrected chi connectivity index (χ1v) is 6.07. The third-order valence-electron chi connectivity index (χ3n) is 3.27. The molecule has 104 valence electrons. The molecule has 0 aliphatic heterocycles. The molecule has 1 saturated carbocycles. The van der Waals surface area contributed by atoms with Gasteiger partial charge in [-0.25, -0.2) is 13.6 Å². The van der Waals surface area contributed by atoms with E-state index in [-0.39, 0.29) is 24.7 Å². The zero-order chi connectivity index (χ0) is 13.8. The van der Waals surface area contributed by atoms with Gasteiger partial charge in [-0.3, -0.25) is 4.79 Å². The van der Waals surface area contributed by atoms with E-state index >= 15 is 0 Å². The van der Waals surface area contributed by atoms with Crippen LogP contribution >= 0.6 is 0 Å². The van der Waals surface area contributed by atoms with Crippen molar-refractivity contribution >= 4 is 11.9 Å². The van der Waals surface area contributed by atoms with Gasteiger partial charge < -0.3 is 10.1 Å². The van der Waals surface area contributed by atoms with Crippen LogP contribution in [0.25, 0.3) is 0 Å². The third kappa shape index (κ3) is 4.58. The quantitative estimate of drug-likeness (QED) is 0.788. The summed E-state index contributed by atoms with van der Waals surface area (Å²) in [5, 5.41) is 2.50. The molecule has 1 rings (SSSR count). The fourth-order valence-electron chi connectivity index (χ4n) is 2.27. The zero-order valence-corrected chi connectivity index (χ0v) is 10.7. The minimum atomic E-state index is -2.58. The molecule has 1 N–H and O–H groups in total. The minimum Gasteiger partial charge on any atom is -0.467 e. The predicted octanol–water partition coefficient (Wildman–Crippen LogP) is 1.88. The first-order valence-electron chi connectivity index (χ1n) is 6.07. The molecule has 0 aromatic heterocycles. The average molecular weight is 263 g/mol. The number of halogens is 2. The van der Waals surface area contributed by atoms with Gasteiger partial charge in [0.05, 0.1) is 7.11 Å². The van der Waals surface area contributed by atoms with E-state index in [4.69, 9.17) is 0 Å². The lowest BCUT2D eigenvalue weighted by Gasteiger charge is -2.30. The summed E-state index contributed by atoms with van der Waals surface area (Å²) in [6.07, 6.45) is 0.819. The second-order valence-corrected chi connectivity index (χ2v) is 4.81. The number of hydrogen-bond donors (Lipinski definition) is 1. The molecule has 0 aromatic carbocycles. The van der Waals surface area contributed by atoms with Crippen LogP contribution in [0.15, 0.2) is 0 Å². The van der Waals surface area contributed by atoms with Crippen molar-refractivity contribution in [3.63, 3.8) is 0 Å². The number of ether oxygens (including phenoxy) is 1. The number of alkyl halides is 2. The maximum atomic E-state index is 13.0.